The first-order valence-corrected chi connectivity index (χ1v) is 6.70. The van der Waals surface area contributed by atoms with Crippen molar-refractivity contribution >= 4 is 0 Å². The fourth-order valence-electron chi connectivity index (χ4n) is 1.85. The molecule has 0 aliphatic heterocycles. The molecule has 0 radical (unpaired) electrons. The van der Waals surface area contributed by atoms with Crippen molar-refractivity contribution in [1.82, 2.24) is 10.3 Å². The van der Waals surface area contributed by atoms with E-state index in [4.69, 9.17) is 4.74 Å². The van der Waals surface area contributed by atoms with Gasteiger partial charge in [-0.05, 0) is 41.9 Å². The first-order chi connectivity index (χ1) is 9.38. The highest BCUT2D eigenvalue weighted by molar-refractivity contribution is 5.28. The molecule has 2 rings (SSSR count). The van der Waals surface area contributed by atoms with Crippen LogP contribution in [-0.4, -0.2) is 18.1 Å². The van der Waals surface area contributed by atoms with Gasteiger partial charge in [0.25, 0.3) is 0 Å². The van der Waals surface area contributed by atoms with Gasteiger partial charge in [-0.3, -0.25) is 4.98 Å². The summed E-state index contributed by atoms with van der Waals surface area (Å²) in [4.78, 5) is 4.00. The highest BCUT2D eigenvalue weighted by Crippen LogP contribution is 2.13. The highest BCUT2D eigenvalue weighted by atomic mass is 16.5. The maximum atomic E-state index is 5.78. The zero-order chi connectivity index (χ0) is 13.3. The molecule has 0 atom stereocenters. The van der Waals surface area contributed by atoms with Crippen molar-refractivity contribution in [1.29, 1.82) is 0 Å². The average Bonchev–Trinajstić information content (AvgIpc) is 2.47. The van der Waals surface area contributed by atoms with Gasteiger partial charge < -0.3 is 10.1 Å². The molecular weight excluding hydrogens is 236 g/mol. The lowest BCUT2D eigenvalue weighted by atomic mass is 10.2. The number of benzene rings is 1. The van der Waals surface area contributed by atoms with Crippen molar-refractivity contribution in [3.8, 4) is 5.75 Å². The van der Waals surface area contributed by atoms with E-state index in [1.54, 1.807) is 0 Å². The number of ether oxygens (including phenoxy) is 1. The summed E-state index contributed by atoms with van der Waals surface area (Å²) < 4.78 is 5.78. The van der Waals surface area contributed by atoms with E-state index >= 15 is 0 Å². The van der Waals surface area contributed by atoms with Gasteiger partial charge in [0.1, 0.15) is 5.75 Å². The fraction of sp³-hybridized carbons (Fsp3) is 0.312. The summed E-state index contributed by atoms with van der Waals surface area (Å²) in [7, 11) is 0. The van der Waals surface area contributed by atoms with Gasteiger partial charge in [-0.1, -0.05) is 19.1 Å². The topological polar surface area (TPSA) is 34.1 Å². The van der Waals surface area contributed by atoms with Crippen LogP contribution in [0.25, 0.3) is 0 Å². The minimum atomic E-state index is 0.689. The highest BCUT2D eigenvalue weighted by Gasteiger charge is 1.97. The van der Waals surface area contributed by atoms with E-state index in [0.717, 1.165) is 25.3 Å². The Hall–Kier alpha value is -1.87. The van der Waals surface area contributed by atoms with E-state index in [-0.39, 0.29) is 0 Å². The first-order valence-electron chi connectivity index (χ1n) is 6.70. The summed E-state index contributed by atoms with van der Waals surface area (Å²) >= 11 is 0. The number of aromatic nitrogens is 1. The van der Waals surface area contributed by atoms with Crippen LogP contribution in [0, 0.1) is 0 Å². The Labute approximate surface area is 114 Å². The van der Waals surface area contributed by atoms with E-state index < -0.39 is 0 Å². The van der Waals surface area contributed by atoms with Gasteiger partial charge in [0.05, 0.1) is 6.61 Å². The summed E-state index contributed by atoms with van der Waals surface area (Å²) in [6.07, 6.45) is 4.53. The van der Waals surface area contributed by atoms with Gasteiger partial charge in [0.2, 0.25) is 0 Å². The van der Waals surface area contributed by atoms with E-state index in [2.05, 4.69) is 29.4 Å². The molecule has 1 N–H and O–H groups in total. The maximum absolute atomic E-state index is 5.78. The number of pyridine rings is 1. The van der Waals surface area contributed by atoms with E-state index in [1.165, 1.54) is 11.1 Å². The average molecular weight is 256 g/mol. The summed E-state index contributed by atoms with van der Waals surface area (Å²) in [6.45, 7) is 4.66. The molecule has 0 aliphatic carbocycles. The van der Waals surface area contributed by atoms with Crippen LogP contribution in [0.1, 0.15) is 18.1 Å². The van der Waals surface area contributed by atoms with Gasteiger partial charge in [-0.15, -0.1) is 0 Å². The fourth-order valence-corrected chi connectivity index (χ4v) is 1.85. The summed E-state index contributed by atoms with van der Waals surface area (Å²) in [5.74, 6) is 0.935. The molecule has 0 saturated heterocycles. The molecule has 0 aliphatic rings. The molecule has 0 saturated carbocycles. The Morgan fingerprint density at radius 2 is 1.95 bits per heavy atom. The van der Waals surface area contributed by atoms with E-state index in [1.807, 2.05) is 36.7 Å². The number of nitrogens with one attached hydrogen (secondary N) is 1. The maximum Gasteiger partial charge on any atom is 0.119 e. The Bertz CT molecular complexity index is 485. The number of rotatable bonds is 7. The molecule has 100 valence electrons. The van der Waals surface area contributed by atoms with E-state index in [0.29, 0.717) is 6.61 Å². The molecule has 0 amide bonds. The number of hydrogen-bond donors (Lipinski definition) is 1. The third-order valence-corrected chi connectivity index (χ3v) is 2.89. The molecule has 3 nitrogen and oxygen atoms in total. The number of nitrogens with zero attached hydrogens (tertiary/aromatic N) is 1. The van der Waals surface area contributed by atoms with Gasteiger partial charge in [0.15, 0.2) is 0 Å². The van der Waals surface area contributed by atoms with Crippen LogP contribution in [0.4, 0.5) is 0 Å². The molecule has 1 heterocycles. The lowest BCUT2D eigenvalue weighted by Crippen LogP contribution is -2.11. The lowest BCUT2D eigenvalue weighted by molar-refractivity contribution is 0.321. The standard InChI is InChI=1S/C16H20N2O/c1-2-17-13-15-4-3-5-16(12-15)19-11-8-14-6-9-18-10-7-14/h3-7,9-10,12,17H,2,8,11,13H2,1H3. The third kappa shape index (κ3) is 4.72. The molecule has 1 aromatic carbocycles. The Morgan fingerprint density at radius 3 is 2.74 bits per heavy atom. The van der Waals surface area contributed by atoms with Crippen LogP contribution in [-0.2, 0) is 13.0 Å². The zero-order valence-corrected chi connectivity index (χ0v) is 11.3. The van der Waals surface area contributed by atoms with Crippen LogP contribution in [0.2, 0.25) is 0 Å². The molecular formula is C16H20N2O. The van der Waals surface area contributed by atoms with Crippen molar-refractivity contribution in [3.05, 3.63) is 59.9 Å². The van der Waals surface area contributed by atoms with Gasteiger partial charge in [0, 0.05) is 25.4 Å². The smallest absolute Gasteiger partial charge is 0.119 e. The third-order valence-electron chi connectivity index (χ3n) is 2.89. The minimum absolute atomic E-state index is 0.689. The van der Waals surface area contributed by atoms with Crippen LogP contribution in [0.5, 0.6) is 5.75 Å². The molecule has 19 heavy (non-hydrogen) atoms. The van der Waals surface area contributed by atoms with Crippen molar-refractivity contribution in [2.45, 2.75) is 19.9 Å². The molecule has 3 heteroatoms. The van der Waals surface area contributed by atoms with Crippen molar-refractivity contribution < 1.29 is 4.74 Å². The predicted octanol–water partition coefficient (Wildman–Crippen LogP) is 2.81. The summed E-state index contributed by atoms with van der Waals surface area (Å²) in [5, 5.41) is 3.31. The molecule has 0 fully saturated rings. The molecule has 0 unspecified atom stereocenters. The summed E-state index contributed by atoms with van der Waals surface area (Å²) in [5.41, 5.74) is 2.50. The SMILES string of the molecule is CCNCc1cccc(OCCc2ccncc2)c1. The second-order valence-electron chi connectivity index (χ2n) is 4.38. The van der Waals surface area contributed by atoms with Crippen LogP contribution in [0.15, 0.2) is 48.8 Å². The first kappa shape index (κ1) is 13.6. The molecule has 2 aromatic rings. The normalized spacial score (nSPS) is 10.4. The van der Waals surface area contributed by atoms with Crippen molar-refractivity contribution in [2.75, 3.05) is 13.2 Å². The summed E-state index contributed by atoms with van der Waals surface area (Å²) in [6, 6.07) is 12.3. The van der Waals surface area contributed by atoms with Gasteiger partial charge in [-0.2, -0.15) is 0 Å². The van der Waals surface area contributed by atoms with Crippen LogP contribution >= 0.6 is 0 Å². The molecule has 0 spiro atoms. The van der Waals surface area contributed by atoms with Crippen molar-refractivity contribution in [2.24, 2.45) is 0 Å². The predicted molar refractivity (Wildman–Crippen MR) is 77.3 cm³/mol. The van der Waals surface area contributed by atoms with Gasteiger partial charge >= 0.3 is 0 Å². The Kier molecular flexibility index (Phi) is 5.38. The second-order valence-corrected chi connectivity index (χ2v) is 4.38. The largest absolute Gasteiger partial charge is 0.493 e. The van der Waals surface area contributed by atoms with Crippen LogP contribution < -0.4 is 10.1 Å². The lowest BCUT2D eigenvalue weighted by Gasteiger charge is -2.08. The van der Waals surface area contributed by atoms with Crippen LogP contribution in [0.3, 0.4) is 0 Å². The Morgan fingerprint density at radius 1 is 1.11 bits per heavy atom. The quantitative estimate of drug-likeness (QED) is 0.827. The zero-order valence-electron chi connectivity index (χ0n) is 11.3. The van der Waals surface area contributed by atoms with E-state index in [9.17, 15) is 0 Å². The minimum Gasteiger partial charge on any atom is -0.493 e. The van der Waals surface area contributed by atoms with Crippen molar-refractivity contribution in [3.63, 3.8) is 0 Å². The molecule has 0 bridgehead atoms. The second kappa shape index (κ2) is 7.54. The van der Waals surface area contributed by atoms with Gasteiger partial charge in [-0.25, -0.2) is 0 Å². The Balaban J connectivity index is 1.82. The monoisotopic (exact) mass is 256 g/mol. The molecule has 1 aromatic heterocycles. The number of hydrogen-bond acceptors (Lipinski definition) is 3.